The number of aliphatic hydroxyl groups excluding tert-OH is 1. The van der Waals surface area contributed by atoms with Gasteiger partial charge in [-0.15, -0.1) is 0 Å². The van der Waals surface area contributed by atoms with E-state index in [-0.39, 0.29) is 6.61 Å². The van der Waals surface area contributed by atoms with Gasteiger partial charge < -0.3 is 15.6 Å². The lowest BCUT2D eigenvalue weighted by Crippen LogP contribution is -2.06. The Kier molecular flexibility index (Phi) is 14.0. The van der Waals surface area contributed by atoms with Crippen molar-refractivity contribution < 1.29 is 9.84 Å². The van der Waals surface area contributed by atoms with Crippen LogP contribution in [0.4, 0.5) is 0 Å². The number of aliphatic hydroxyl groups is 1. The first-order valence-corrected chi connectivity index (χ1v) is 5.97. The number of ether oxygens (including phenoxy) is 1. The van der Waals surface area contributed by atoms with Crippen LogP contribution in [0.3, 0.4) is 0 Å². The van der Waals surface area contributed by atoms with Crippen LogP contribution in [0, 0.1) is 0 Å². The van der Waals surface area contributed by atoms with E-state index in [1.54, 1.807) is 6.08 Å². The summed E-state index contributed by atoms with van der Waals surface area (Å²) >= 11 is 0. The van der Waals surface area contributed by atoms with Crippen molar-refractivity contribution in [2.75, 3.05) is 13.2 Å². The molecule has 0 fully saturated rings. The molecule has 0 aliphatic rings. The predicted octanol–water partition coefficient (Wildman–Crippen LogP) is 2.78. The monoisotopic (exact) mass is 241 g/mol. The summed E-state index contributed by atoms with van der Waals surface area (Å²) in [5.41, 5.74) is 6.13. The molecule has 3 N–H and O–H groups in total. The molecule has 0 aliphatic heterocycles. The van der Waals surface area contributed by atoms with Crippen LogP contribution in [0.1, 0.15) is 34.1 Å². The number of hydrogen-bond donors (Lipinski definition) is 2. The van der Waals surface area contributed by atoms with Gasteiger partial charge in [-0.2, -0.15) is 0 Å². The van der Waals surface area contributed by atoms with Crippen molar-refractivity contribution in [2.24, 2.45) is 5.73 Å². The van der Waals surface area contributed by atoms with Crippen molar-refractivity contribution in [1.29, 1.82) is 0 Å². The summed E-state index contributed by atoms with van der Waals surface area (Å²) in [5, 5.41) is 8.70. The van der Waals surface area contributed by atoms with Crippen molar-refractivity contribution in [1.82, 2.24) is 0 Å². The second-order valence-corrected chi connectivity index (χ2v) is 3.87. The summed E-state index contributed by atoms with van der Waals surface area (Å²) < 4.78 is 5.23. The quantitative estimate of drug-likeness (QED) is 0.555. The molecule has 0 spiro atoms. The highest BCUT2D eigenvalue weighted by Crippen LogP contribution is 2.04. The van der Waals surface area contributed by atoms with Crippen LogP contribution >= 0.6 is 0 Å². The second-order valence-electron chi connectivity index (χ2n) is 3.87. The highest BCUT2D eigenvalue weighted by atomic mass is 16.5. The van der Waals surface area contributed by atoms with Crippen LogP contribution in [-0.2, 0) is 4.74 Å². The lowest BCUT2D eigenvalue weighted by atomic mass is 10.2. The van der Waals surface area contributed by atoms with Crippen molar-refractivity contribution in [3.63, 3.8) is 0 Å². The maximum absolute atomic E-state index is 8.70. The van der Waals surface area contributed by atoms with Gasteiger partial charge in [-0.25, -0.2) is 0 Å². The Morgan fingerprint density at radius 2 is 1.94 bits per heavy atom. The summed E-state index contributed by atoms with van der Waals surface area (Å²) in [6.45, 7) is 12.2. The molecule has 0 aromatic rings. The molecule has 17 heavy (non-hydrogen) atoms. The highest BCUT2D eigenvalue weighted by molar-refractivity contribution is 5.22. The number of hydrogen-bond acceptors (Lipinski definition) is 3. The molecule has 0 bridgehead atoms. The fourth-order valence-electron chi connectivity index (χ4n) is 0.883. The van der Waals surface area contributed by atoms with Crippen molar-refractivity contribution in [3.05, 3.63) is 36.1 Å². The molecular formula is C14H27NO2. The first-order chi connectivity index (χ1) is 7.97. The van der Waals surface area contributed by atoms with E-state index in [0.29, 0.717) is 19.1 Å². The fraction of sp³-hybridized carbons (Fsp3) is 0.571. The minimum atomic E-state index is 0.152. The molecular weight excluding hydrogens is 214 g/mol. The van der Waals surface area contributed by atoms with Crippen LogP contribution in [0.15, 0.2) is 36.1 Å². The molecule has 0 amide bonds. The lowest BCUT2D eigenvalue weighted by molar-refractivity contribution is 0.231. The van der Waals surface area contributed by atoms with Gasteiger partial charge in [0.2, 0.25) is 0 Å². The molecule has 0 atom stereocenters. The van der Waals surface area contributed by atoms with Crippen molar-refractivity contribution in [3.8, 4) is 0 Å². The van der Waals surface area contributed by atoms with Gasteiger partial charge in [-0.1, -0.05) is 32.6 Å². The van der Waals surface area contributed by atoms with Crippen LogP contribution in [0.2, 0.25) is 0 Å². The maximum atomic E-state index is 8.70. The first kappa shape index (κ1) is 18.3. The van der Waals surface area contributed by atoms with E-state index in [2.05, 4.69) is 6.58 Å². The number of nitrogens with two attached hydrogens (primary N) is 1. The van der Waals surface area contributed by atoms with Crippen LogP contribution < -0.4 is 5.73 Å². The largest absolute Gasteiger partial charge is 0.499 e. The third kappa shape index (κ3) is 17.5. The van der Waals surface area contributed by atoms with Crippen LogP contribution in [0.5, 0.6) is 0 Å². The van der Waals surface area contributed by atoms with Crippen LogP contribution in [-0.4, -0.2) is 24.4 Å². The molecule has 100 valence electrons. The zero-order valence-electron chi connectivity index (χ0n) is 11.6. The standard InChI is InChI=1S/C11H18O2.C3H9N/c1-4-11(8-9-12)7-6-10(3)13-5-2;1-3(2)4/h4,6-7,12H,1,5,8-9H2,2-3H3;3H,4H2,1-2H3/b10-6+,11-7+;. The van der Waals surface area contributed by atoms with E-state index in [0.717, 1.165) is 11.3 Å². The van der Waals surface area contributed by atoms with Gasteiger partial charge in [-0.05, 0) is 38.0 Å². The average molecular weight is 241 g/mol. The van der Waals surface area contributed by atoms with Crippen molar-refractivity contribution in [2.45, 2.75) is 40.2 Å². The predicted molar refractivity (Wildman–Crippen MR) is 74.7 cm³/mol. The van der Waals surface area contributed by atoms with Gasteiger partial charge >= 0.3 is 0 Å². The fourth-order valence-corrected chi connectivity index (χ4v) is 0.883. The Bertz CT molecular complexity index is 240. The third-order valence-electron chi connectivity index (χ3n) is 1.57. The van der Waals surface area contributed by atoms with E-state index < -0.39 is 0 Å². The van der Waals surface area contributed by atoms with E-state index >= 15 is 0 Å². The Morgan fingerprint density at radius 3 is 2.29 bits per heavy atom. The first-order valence-electron chi connectivity index (χ1n) is 5.97. The van der Waals surface area contributed by atoms with Gasteiger partial charge in [-0.3, -0.25) is 0 Å². The minimum absolute atomic E-state index is 0.152. The SMILES string of the molecule is C=C/C(=C\C=C(/C)OCC)CCO.CC(C)N. The second kappa shape index (κ2) is 13.0. The number of rotatable bonds is 6. The third-order valence-corrected chi connectivity index (χ3v) is 1.57. The molecule has 0 rings (SSSR count). The Morgan fingerprint density at radius 1 is 1.41 bits per heavy atom. The Balaban J connectivity index is 0. The molecule has 3 nitrogen and oxygen atoms in total. The van der Waals surface area contributed by atoms with E-state index in [1.807, 2.05) is 39.8 Å². The molecule has 0 radical (unpaired) electrons. The highest BCUT2D eigenvalue weighted by Gasteiger charge is 1.89. The summed E-state index contributed by atoms with van der Waals surface area (Å²) in [4.78, 5) is 0. The molecule has 0 aromatic heterocycles. The molecule has 0 aliphatic carbocycles. The molecule has 0 aromatic carbocycles. The zero-order valence-corrected chi connectivity index (χ0v) is 11.6. The number of allylic oxidation sites excluding steroid dienone is 4. The topological polar surface area (TPSA) is 55.5 Å². The summed E-state index contributed by atoms with van der Waals surface area (Å²) in [5.74, 6) is 0.875. The molecule has 0 saturated heterocycles. The van der Waals surface area contributed by atoms with Gasteiger partial charge in [0.05, 0.1) is 12.4 Å². The summed E-state index contributed by atoms with van der Waals surface area (Å²) in [6.07, 6.45) is 6.18. The lowest BCUT2D eigenvalue weighted by Gasteiger charge is -2.01. The molecule has 3 heteroatoms. The van der Waals surface area contributed by atoms with Crippen molar-refractivity contribution >= 4 is 0 Å². The van der Waals surface area contributed by atoms with E-state index in [1.165, 1.54) is 0 Å². The molecule has 0 unspecified atom stereocenters. The smallest absolute Gasteiger partial charge is 0.0928 e. The van der Waals surface area contributed by atoms with Gasteiger partial charge in [0.25, 0.3) is 0 Å². The van der Waals surface area contributed by atoms with E-state index in [9.17, 15) is 0 Å². The average Bonchev–Trinajstić information content (AvgIpc) is 2.23. The van der Waals surface area contributed by atoms with Crippen LogP contribution in [0.25, 0.3) is 0 Å². The molecule has 0 saturated carbocycles. The Hall–Kier alpha value is -1.06. The normalized spacial score (nSPS) is 11.9. The summed E-state index contributed by atoms with van der Waals surface area (Å²) in [6, 6.07) is 0.333. The van der Waals surface area contributed by atoms with E-state index in [4.69, 9.17) is 15.6 Å². The minimum Gasteiger partial charge on any atom is -0.499 e. The molecule has 0 heterocycles. The Labute approximate surface area is 106 Å². The van der Waals surface area contributed by atoms with Gasteiger partial charge in [0, 0.05) is 6.61 Å². The summed E-state index contributed by atoms with van der Waals surface area (Å²) in [7, 11) is 0. The van der Waals surface area contributed by atoms with Gasteiger partial charge in [0.1, 0.15) is 0 Å². The zero-order chi connectivity index (χ0) is 13.7. The van der Waals surface area contributed by atoms with Gasteiger partial charge in [0.15, 0.2) is 0 Å². The maximum Gasteiger partial charge on any atom is 0.0928 e.